The Bertz CT molecular complexity index is 874. The summed E-state index contributed by atoms with van der Waals surface area (Å²) in [7, 11) is 1.74. The van der Waals surface area contributed by atoms with Gasteiger partial charge in [0.2, 0.25) is 0 Å². The predicted octanol–water partition coefficient (Wildman–Crippen LogP) is 2.98. The second kappa shape index (κ2) is 9.52. The molecule has 3 rings (SSSR count). The molecular weight excluding hydrogens is 341 g/mol. The molecule has 0 amide bonds. The van der Waals surface area contributed by atoms with Crippen molar-refractivity contribution in [1.82, 2.24) is 20.4 Å². The predicted molar refractivity (Wildman–Crippen MR) is 106 cm³/mol. The van der Waals surface area contributed by atoms with Crippen molar-refractivity contribution in [2.24, 2.45) is 4.99 Å². The number of guanidine groups is 1. The van der Waals surface area contributed by atoms with Crippen LogP contribution in [0.15, 0.2) is 72.0 Å². The molecule has 0 bridgehead atoms. The minimum absolute atomic E-state index is 0.205. The zero-order valence-corrected chi connectivity index (χ0v) is 15.4. The van der Waals surface area contributed by atoms with Crippen molar-refractivity contribution in [3.63, 3.8) is 0 Å². The number of halogens is 1. The number of aliphatic imine (C=N–C) groups is 1. The molecule has 2 N–H and O–H groups in total. The molecule has 2 aromatic carbocycles. The molecule has 0 saturated heterocycles. The highest BCUT2D eigenvalue weighted by molar-refractivity contribution is 5.79. The molecule has 0 aliphatic rings. The van der Waals surface area contributed by atoms with Crippen LogP contribution in [-0.2, 0) is 19.5 Å². The summed E-state index contributed by atoms with van der Waals surface area (Å²) in [5, 5.41) is 10.9. The second-order valence-electron chi connectivity index (χ2n) is 6.20. The molecule has 5 nitrogen and oxygen atoms in total. The minimum atomic E-state index is -0.205. The lowest BCUT2D eigenvalue weighted by molar-refractivity contribution is 0.625. The summed E-state index contributed by atoms with van der Waals surface area (Å²) in [5.41, 5.74) is 3.37. The zero-order valence-electron chi connectivity index (χ0n) is 15.4. The highest BCUT2D eigenvalue weighted by Crippen LogP contribution is 2.10. The van der Waals surface area contributed by atoms with Crippen LogP contribution in [-0.4, -0.2) is 29.3 Å². The van der Waals surface area contributed by atoms with E-state index in [0.29, 0.717) is 13.1 Å². The Morgan fingerprint density at radius 2 is 1.93 bits per heavy atom. The largest absolute Gasteiger partial charge is 0.356 e. The summed E-state index contributed by atoms with van der Waals surface area (Å²) in [6.45, 7) is 2.07. The van der Waals surface area contributed by atoms with Gasteiger partial charge in [-0.3, -0.25) is 9.67 Å². The lowest BCUT2D eigenvalue weighted by atomic mass is 10.1. The Morgan fingerprint density at radius 1 is 1.07 bits per heavy atom. The van der Waals surface area contributed by atoms with Crippen molar-refractivity contribution in [3.8, 4) is 0 Å². The first-order chi connectivity index (χ1) is 13.2. The monoisotopic (exact) mass is 365 g/mol. The van der Waals surface area contributed by atoms with Gasteiger partial charge in [-0.15, -0.1) is 0 Å². The molecule has 0 saturated carbocycles. The van der Waals surface area contributed by atoms with E-state index in [1.54, 1.807) is 25.4 Å². The number of hydrogen-bond donors (Lipinski definition) is 2. The van der Waals surface area contributed by atoms with Gasteiger partial charge in [0.05, 0.1) is 6.54 Å². The summed E-state index contributed by atoms with van der Waals surface area (Å²) in [5.74, 6) is 0.518. The zero-order chi connectivity index (χ0) is 18.9. The maximum absolute atomic E-state index is 13.2. The molecule has 0 aliphatic carbocycles. The smallest absolute Gasteiger partial charge is 0.191 e. The molecule has 0 spiro atoms. The summed E-state index contributed by atoms with van der Waals surface area (Å²) in [6.07, 6.45) is 4.47. The van der Waals surface area contributed by atoms with Crippen molar-refractivity contribution in [2.75, 3.05) is 13.6 Å². The van der Waals surface area contributed by atoms with E-state index in [1.807, 2.05) is 35.1 Å². The number of rotatable bonds is 7. The fourth-order valence-electron chi connectivity index (χ4n) is 2.87. The Labute approximate surface area is 159 Å². The van der Waals surface area contributed by atoms with Crippen molar-refractivity contribution in [2.45, 2.75) is 19.5 Å². The van der Waals surface area contributed by atoms with Crippen LogP contribution < -0.4 is 10.6 Å². The van der Waals surface area contributed by atoms with Crippen LogP contribution in [0.5, 0.6) is 0 Å². The maximum atomic E-state index is 13.2. The van der Waals surface area contributed by atoms with E-state index < -0.39 is 0 Å². The Kier molecular flexibility index (Phi) is 6.57. The molecule has 140 valence electrons. The highest BCUT2D eigenvalue weighted by Gasteiger charge is 2.05. The van der Waals surface area contributed by atoms with E-state index in [0.717, 1.165) is 24.5 Å². The summed E-state index contributed by atoms with van der Waals surface area (Å²) >= 11 is 0. The van der Waals surface area contributed by atoms with E-state index in [4.69, 9.17) is 0 Å². The Hall–Kier alpha value is -3.15. The lowest BCUT2D eigenvalue weighted by Gasteiger charge is -2.14. The van der Waals surface area contributed by atoms with Gasteiger partial charge in [-0.2, -0.15) is 5.10 Å². The fourth-order valence-corrected chi connectivity index (χ4v) is 2.87. The minimum Gasteiger partial charge on any atom is -0.356 e. The van der Waals surface area contributed by atoms with Gasteiger partial charge in [-0.25, -0.2) is 4.39 Å². The molecule has 0 aliphatic heterocycles. The average molecular weight is 365 g/mol. The van der Waals surface area contributed by atoms with Gasteiger partial charge in [0, 0.05) is 32.5 Å². The molecule has 0 unspecified atom stereocenters. The van der Waals surface area contributed by atoms with Crippen LogP contribution in [0.1, 0.15) is 16.7 Å². The van der Waals surface area contributed by atoms with Crippen LogP contribution in [0.3, 0.4) is 0 Å². The van der Waals surface area contributed by atoms with Crippen LogP contribution in [0.25, 0.3) is 0 Å². The molecule has 1 heterocycles. The van der Waals surface area contributed by atoms with Crippen LogP contribution >= 0.6 is 0 Å². The third-order valence-corrected chi connectivity index (χ3v) is 4.27. The van der Waals surface area contributed by atoms with Gasteiger partial charge in [-0.05, 0) is 41.3 Å². The van der Waals surface area contributed by atoms with Crippen molar-refractivity contribution < 1.29 is 4.39 Å². The number of nitrogens with zero attached hydrogens (tertiary/aromatic N) is 3. The first-order valence-electron chi connectivity index (χ1n) is 8.98. The van der Waals surface area contributed by atoms with Crippen molar-refractivity contribution in [3.05, 3.63) is 89.5 Å². The normalized spacial score (nSPS) is 11.4. The molecular formula is C21H24FN5. The van der Waals surface area contributed by atoms with Gasteiger partial charge in [0.1, 0.15) is 5.82 Å². The second-order valence-corrected chi connectivity index (χ2v) is 6.20. The maximum Gasteiger partial charge on any atom is 0.191 e. The highest BCUT2D eigenvalue weighted by atomic mass is 19.1. The quantitative estimate of drug-likeness (QED) is 0.500. The molecule has 27 heavy (non-hydrogen) atoms. The molecule has 0 radical (unpaired) electrons. The van der Waals surface area contributed by atoms with Gasteiger partial charge < -0.3 is 10.6 Å². The van der Waals surface area contributed by atoms with Crippen molar-refractivity contribution in [1.29, 1.82) is 0 Å². The van der Waals surface area contributed by atoms with E-state index in [-0.39, 0.29) is 5.82 Å². The third kappa shape index (κ3) is 5.67. The van der Waals surface area contributed by atoms with Crippen LogP contribution in [0.4, 0.5) is 4.39 Å². The van der Waals surface area contributed by atoms with Gasteiger partial charge in [0.25, 0.3) is 0 Å². The van der Waals surface area contributed by atoms with E-state index >= 15 is 0 Å². The average Bonchev–Trinajstić information content (AvgIpc) is 3.19. The summed E-state index contributed by atoms with van der Waals surface area (Å²) < 4.78 is 15.1. The molecule has 6 heteroatoms. The van der Waals surface area contributed by atoms with Gasteiger partial charge >= 0.3 is 0 Å². The third-order valence-electron chi connectivity index (χ3n) is 4.27. The number of hydrogen-bond acceptors (Lipinski definition) is 2. The number of benzene rings is 2. The lowest BCUT2D eigenvalue weighted by Crippen LogP contribution is -2.38. The van der Waals surface area contributed by atoms with Gasteiger partial charge in [-0.1, -0.05) is 36.4 Å². The van der Waals surface area contributed by atoms with Crippen LogP contribution in [0.2, 0.25) is 0 Å². The Morgan fingerprint density at radius 3 is 2.67 bits per heavy atom. The molecule has 3 aromatic rings. The molecule has 0 atom stereocenters. The van der Waals surface area contributed by atoms with E-state index in [2.05, 4.69) is 32.9 Å². The van der Waals surface area contributed by atoms with Crippen LogP contribution in [0, 0.1) is 5.82 Å². The topological polar surface area (TPSA) is 54.2 Å². The molecule has 0 fully saturated rings. The summed E-state index contributed by atoms with van der Waals surface area (Å²) in [4.78, 5) is 4.26. The number of aromatic nitrogens is 2. The van der Waals surface area contributed by atoms with Gasteiger partial charge in [0.15, 0.2) is 5.96 Å². The van der Waals surface area contributed by atoms with Crippen molar-refractivity contribution >= 4 is 5.96 Å². The first-order valence-corrected chi connectivity index (χ1v) is 8.98. The first kappa shape index (κ1) is 18.6. The SMILES string of the molecule is CN=C(NCCc1cccc(F)c1)NCc1ccccc1Cn1cccn1. The molecule has 1 aromatic heterocycles. The standard InChI is InChI=1S/C21H24FN5/c1-23-21(24-12-10-17-6-4-9-20(22)14-17)25-15-18-7-2-3-8-19(18)16-27-13-5-11-26-27/h2-9,11,13-14H,10,12,15-16H2,1H3,(H2,23,24,25). The van der Waals surface area contributed by atoms with E-state index in [9.17, 15) is 4.39 Å². The fraction of sp³-hybridized carbons (Fsp3) is 0.238. The van der Waals surface area contributed by atoms with E-state index in [1.165, 1.54) is 17.2 Å². The summed E-state index contributed by atoms with van der Waals surface area (Å²) in [6, 6.07) is 16.9. The number of nitrogens with one attached hydrogen (secondary N) is 2. The Balaban J connectivity index is 1.52.